The van der Waals surface area contributed by atoms with Gasteiger partial charge >= 0.3 is 0 Å². The summed E-state index contributed by atoms with van der Waals surface area (Å²) in [5.74, 6) is -0.105. The summed E-state index contributed by atoms with van der Waals surface area (Å²) in [5, 5.41) is 14.0. The van der Waals surface area contributed by atoms with Gasteiger partial charge in [-0.3, -0.25) is 9.59 Å². The highest BCUT2D eigenvalue weighted by Crippen LogP contribution is 2.38. The number of amides is 2. The Morgan fingerprint density at radius 1 is 1.09 bits per heavy atom. The molecule has 1 heterocycles. The first kappa shape index (κ1) is 26.2. The van der Waals surface area contributed by atoms with E-state index in [4.69, 9.17) is 4.74 Å². The van der Waals surface area contributed by atoms with Gasteiger partial charge in [-0.1, -0.05) is 47.6 Å². The average molecular weight is 447 g/mol. The quantitative estimate of drug-likeness (QED) is 0.609. The molecular weight excluding hydrogens is 404 g/mol. The summed E-state index contributed by atoms with van der Waals surface area (Å²) in [6, 6.07) is 3.86. The van der Waals surface area contributed by atoms with E-state index in [0.29, 0.717) is 51.3 Å². The van der Waals surface area contributed by atoms with Gasteiger partial charge in [-0.05, 0) is 48.6 Å². The lowest BCUT2D eigenvalue weighted by molar-refractivity contribution is -0.126. The van der Waals surface area contributed by atoms with Gasteiger partial charge in [0.15, 0.2) is 0 Å². The number of carbonyl (C=O) groups is 2. The summed E-state index contributed by atoms with van der Waals surface area (Å²) in [5.41, 5.74) is 1.75. The average Bonchev–Trinajstić information content (AvgIpc) is 2.71. The molecule has 2 rings (SSSR count). The van der Waals surface area contributed by atoms with Crippen LogP contribution in [-0.4, -0.2) is 54.7 Å². The summed E-state index contributed by atoms with van der Waals surface area (Å²) >= 11 is 0. The van der Waals surface area contributed by atoms with Crippen molar-refractivity contribution in [3.05, 3.63) is 28.8 Å². The Kier molecular flexibility index (Phi) is 8.74. The first-order chi connectivity index (χ1) is 14.9. The number of ether oxygens (including phenoxy) is 1. The van der Waals surface area contributed by atoms with Crippen LogP contribution in [0.2, 0.25) is 0 Å². The Morgan fingerprint density at radius 2 is 1.72 bits per heavy atom. The van der Waals surface area contributed by atoms with Crippen LogP contribution in [-0.2, 0) is 20.4 Å². The molecule has 1 aliphatic rings. The van der Waals surface area contributed by atoms with Gasteiger partial charge in [0.1, 0.15) is 5.75 Å². The molecule has 2 N–H and O–H groups in total. The molecule has 6 nitrogen and oxygen atoms in total. The molecule has 0 saturated carbocycles. The van der Waals surface area contributed by atoms with Gasteiger partial charge in [-0.15, -0.1) is 0 Å². The minimum Gasteiger partial charge on any atom is -0.507 e. The van der Waals surface area contributed by atoms with E-state index in [1.54, 1.807) is 4.90 Å². The van der Waals surface area contributed by atoms with Gasteiger partial charge in [0.25, 0.3) is 5.91 Å². The van der Waals surface area contributed by atoms with Crippen molar-refractivity contribution in [3.63, 3.8) is 0 Å². The molecule has 0 bridgehead atoms. The lowest BCUT2D eigenvalue weighted by atomic mass is 9.78. The molecule has 0 spiro atoms. The SMILES string of the molecule is CCOCCCNC(=O)C1CCN(C(=O)c2cc(C(C)(C)C)cc(C(C)(C)C)c2O)CC1. The number of phenolic OH excluding ortho intramolecular Hbond substituents is 1. The second kappa shape index (κ2) is 10.7. The predicted molar refractivity (Wildman–Crippen MR) is 128 cm³/mol. The number of likely N-dealkylation sites (tertiary alicyclic amines) is 1. The molecule has 1 fully saturated rings. The van der Waals surface area contributed by atoms with Gasteiger partial charge in [0.05, 0.1) is 5.56 Å². The van der Waals surface area contributed by atoms with Crippen molar-refractivity contribution in [2.24, 2.45) is 5.92 Å². The minimum atomic E-state index is -0.284. The predicted octanol–water partition coefficient (Wildman–Crippen LogP) is 4.38. The lowest BCUT2D eigenvalue weighted by Crippen LogP contribution is -2.43. The fraction of sp³-hybridized carbons (Fsp3) is 0.692. The van der Waals surface area contributed by atoms with E-state index in [2.05, 4.69) is 26.1 Å². The molecule has 0 aromatic heterocycles. The van der Waals surface area contributed by atoms with Crippen molar-refractivity contribution >= 4 is 11.8 Å². The minimum absolute atomic E-state index is 0.0567. The number of piperidine rings is 1. The van der Waals surface area contributed by atoms with Crippen LogP contribution >= 0.6 is 0 Å². The molecule has 180 valence electrons. The number of aromatic hydroxyl groups is 1. The van der Waals surface area contributed by atoms with Crippen molar-refractivity contribution in [1.29, 1.82) is 0 Å². The topological polar surface area (TPSA) is 78.9 Å². The third kappa shape index (κ3) is 6.71. The molecule has 0 aliphatic carbocycles. The van der Waals surface area contributed by atoms with Gasteiger partial charge in [0, 0.05) is 44.3 Å². The second-order valence-electron chi connectivity index (χ2n) is 10.8. The smallest absolute Gasteiger partial charge is 0.257 e. The Balaban J connectivity index is 2.09. The summed E-state index contributed by atoms with van der Waals surface area (Å²) in [4.78, 5) is 27.6. The number of nitrogens with zero attached hydrogens (tertiary/aromatic N) is 1. The van der Waals surface area contributed by atoms with Crippen LogP contribution < -0.4 is 5.32 Å². The number of nitrogens with one attached hydrogen (secondary N) is 1. The largest absolute Gasteiger partial charge is 0.507 e. The zero-order valence-electron chi connectivity index (χ0n) is 21.0. The van der Waals surface area contributed by atoms with Crippen LogP contribution in [0.25, 0.3) is 0 Å². The molecular formula is C26H42N2O4. The summed E-state index contributed by atoms with van der Waals surface area (Å²) in [6.45, 7) is 17.4. The van der Waals surface area contributed by atoms with E-state index in [1.807, 2.05) is 39.8 Å². The first-order valence-electron chi connectivity index (χ1n) is 11.9. The number of carbonyl (C=O) groups excluding carboxylic acids is 2. The van der Waals surface area contributed by atoms with Crippen LogP contribution in [0.3, 0.4) is 0 Å². The summed E-state index contributed by atoms with van der Waals surface area (Å²) < 4.78 is 5.30. The van der Waals surface area contributed by atoms with Gasteiger partial charge < -0.3 is 20.1 Å². The lowest BCUT2D eigenvalue weighted by Gasteiger charge is -2.33. The Hall–Kier alpha value is -2.08. The Bertz CT molecular complexity index is 797. The van der Waals surface area contributed by atoms with Gasteiger partial charge in [-0.25, -0.2) is 0 Å². The van der Waals surface area contributed by atoms with E-state index in [1.165, 1.54) is 0 Å². The third-order valence-electron chi connectivity index (χ3n) is 6.14. The van der Waals surface area contributed by atoms with E-state index in [0.717, 1.165) is 17.5 Å². The van der Waals surface area contributed by atoms with Crippen LogP contribution in [0.15, 0.2) is 12.1 Å². The van der Waals surface area contributed by atoms with Crippen LogP contribution in [0, 0.1) is 5.92 Å². The second-order valence-corrected chi connectivity index (χ2v) is 10.8. The molecule has 6 heteroatoms. The van der Waals surface area contributed by atoms with E-state index in [-0.39, 0.29) is 34.3 Å². The van der Waals surface area contributed by atoms with Crippen molar-refractivity contribution < 1.29 is 19.4 Å². The maximum atomic E-state index is 13.4. The molecule has 1 saturated heterocycles. The third-order valence-corrected chi connectivity index (χ3v) is 6.14. The van der Waals surface area contributed by atoms with E-state index in [9.17, 15) is 14.7 Å². The Labute approximate surface area is 193 Å². The number of benzene rings is 1. The molecule has 32 heavy (non-hydrogen) atoms. The molecule has 1 aliphatic heterocycles. The monoisotopic (exact) mass is 446 g/mol. The number of phenols is 1. The first-order valence-corrected chi connectivity index (χ1v) is 11.9. The number of hydrogen-bond acceptors (Lipinski definition) is 4. The van der Waals surface area contributed by atoms with Gasteiger partial charge in [0.2, 0.25) is 5.91 Å². The summed E-state index contributed by atoms with van der Waals surface area (Å²) in [6.07, 6.45) is 2.07. The van der Waals surface area contributed by atoms with Crippen LogP contribution in [0.4, 0.5) is 0 Å². The van der Waals surface area contributed by atoms with Gasteiger partial charge in [-0.2, -0.15) is 0 Å². The van der Waals surface area contributed by atoms with Crippen molar-refractivity contribution in [3.8, 4) is 5.75 Å². The normalized spacial score (nSPS) is 15.7. The molecule has 1 aromatic rings. The Morgan fingerprint density at radius 3 is 2.25 bits per heavy atom. The maximum Gasteiger partial charge on any atom is 0.257 e. The highest BCUT2D eigenvalue weighted by Gasteiger charge is 2.32. The highest BCUT2D eigenvalue weighted by molar-refractivity contribution is 5.98. The zero-order valence-corrected chi connectivity index (χ0v) is 21.0. The number of rotatable bonds is 7. The number of hydrogen-bond donors (Lipinski definition) is 2. The van der Waals surface area contributed by atoms with E-state index < -0.39 is 0 Å². The molecule has 2 amide bonds. The van der Waals surface area contributed by atoms with Crippen molar-refractivity contribution in [2.45, 2.75) is 78.6 Å². The highest BCUT2D eigenvalue weighted by atomic mass is 16.5. The maximum absolute atomic E-state index is 13.4. The van der Waals surface area contributed by atoms with E-state index >= 15 is 0 Å². The van der Waals surface area contributed by atoms with Crippen molar-refractivity contribution in [1.82, 2.24) is 10.2 Å². The molecule has 0 atom stereocenters. The molecule has 1 aromatic carbocycles. The van der Waals surface area contributed by atoms with Crippen LogP contribution in [0.1, 0.15) is 89.2 Å². The zero-order chi connectivity index (χ0) is 24.1. The molecule has 0 radical (unpaired) electrons. The molecule has 0 unspecified atom stereocenters. The fourth-order valence-electron chi connectivity index (χ4n) is 3.99. The fourth-order valence-corrected chi connectivity index (χ4v) is 3.99. The van der Waals surface area contributed by atoms with Crippen LogP contribution in [0.5, 0.6) is 5.75 Å². The summed E-state index contributed by atoms with van der Waals surface area (Å²) in [7, 11) is 0. The van der Waals surface area contributed by atoms with Crippen molar-refractivity contribution in [2.75, 3.05) is 32.8 Å². The standard InChI is InChI=1S/C26H42N2O4/c1-8-32-15-9-12-27-23(30)18-10-13-28(14-11-18)24(31)20-16-19(25(2,3)4)17-21(22(20)29)26(5,6)7/h16-18,29H,8-15H2,1-7H3,(H,27,30).